The smallest absolute Gasteiger partial charge is 0.317 e. The normalized spacial score (nSPS) is 13.7. The minimum atomic E-state index is -0.201. The average molecular weight is 420 g/mol. The van der Waals surface area contributed by atoms with E-state index in [9.17, 15) is 9.59 Å². The van der Waals surface area contributed by atoms with Gasteiger partial charge in [-0.25, -0.2) is 4.79 Å². The van der Waals surface area contributed by atoms with Gasteiger partial charge in [0.1, 0.15) is 11.5 Å². The highest BCUT2D eigenvalue weighted by Crippen LogP contribution is 2.25. The van der Waals surface area contributed by atoms with Crippen molar-refractivity contribution in [1.82, 2.24) is 20.3 Å². The summed E-state index contributed by atoms with van der Waals surface area (Å²) in [5, 5.41) is 6.70. The van der Waals surface area contributed by atoms with Crippen molar-refractivity contribution in [2.45, 2.75) is 13.5 Å². The first-order valence-corrected chi connectivity index (χ1v) is 10.2. The third-order valence-corrected chi connectivity index (χ3v) is 5.07. The number of para-hydroxylation sites is 2. The van der Waals surface area contributed by atoms with Gasteiger partial charge in [0.05, 0.1) is 5.69 Å². The summed E-state index contributed by atoms with van der Waals surface area (Å²) in [5.41, 5.74) is 1.55. The van der Waals surface area contributed by atoms with E-state index in [0.29, 0.717) is 44.2 Å². The van der Waals surface area contributed by atoms with Crippen LogP contribution in [0.1, 0.15) is 21.8 Å². The van der Waals surface area contributed by atoms with Crippen molar-refractivity contribution in [3.8, 4) is 11.5 Å². The van der Waals surface area contributed by atoms with E-state index in [0.717, 1.165) is 11.3 Å². The number of aromatic nitrogens is 1. The lowest BCUT2D eigenvalue weighted by Crippen LogP contribution is -2.53. The first-order valence-electron chi connectivity index (χ1n) is 10.2. The van der Waals surface area contributed by atoms with Crippen LogP contribution in [-0.2, 0) is 6.54 Å². The van der Waals surface area contributed by atoms with Crippen molar-refractivity contribution in [2.24, 2.45) is 0 Å². The van der Waals surface area contributed by atoms with E-state index in [1.54, 1.807) is 22.8 Å². The zero-order valence-electron chi connectivity index (χ0n) is 17.3. The maximum absolute atomic E-state index is 12.6. The molecule has 0 saturated carbocycles. The van der Waals surface area contributed by atoms with Crippen molar-refractivity contribution < 1.29 is 18.8 Å². The third-order valence-electron chi connectivity index (χ3n) is 5.07. The zero-order valence-corrected chi connectivity index (χ0v) is 17.3. The summed E-state index contributed by atoms with van der Waals surface area (Å²) in [7, 11) is 0. The van der Waals surface area contributed by atoms with Crippen LogP contribution in [0.25, 0.3) is 0 Å². The lowest BCUT2D eigenvalue weighted by atomic mass is 10.2. The third kappa shape index (κ3) is 5.03. The number of benzene rings is 2. The molecule has 4 rings (SSSR count). The van der Waals surface area contributed by atoms with E-state index in [-0.39, 0.29) is 17.7 Å². The highest BCUT2D eigenvalue weighted by atomic mass is 16.5. The van der Waals surface area contributed by atoms with Gasteiger partial charge in [0.15, 0.2) is 0 Å². The Hall–Kier alpha value is -3.81. The highest BCUT2D eigenvalue weighted by Gasteiger charge is 2.26. The molecule has 3 amide bonds. The minimum Gasteiger partial charge on any atom is -0.457 e. The molecule has 0 bridgehead atoms. The second-order valence-electron chi connectivity index (χ2n) is 7.29. The van der Waals surface area contributed by atoms with Crippen molar-refractivity contribution in [1.29, 1.82) is 0 Å². The molecule has 0 unspecified atom stereocenters. The lowest BCUT2D eigenvalue weighted by molar-refractivity contribution is 0.0624. The monoisotopic (exact) mass is 420 g/mol. The standard InChI is InChI=1S/C23H24N4O4/c1-17-15-21(31-25-17)22(28)26-11-13-27(14-12-26)23(29)24-16-18-7-5-6-10-20(18)30-19-8-3-2-4-9-19/h2-10,15H,11-14,16H2,1H3,(H,24,29). The maximum Gasteiger partial charge on any atom is 0.317 e. The maximum atomic E-state index is 12.6. The Balaban J connectivity index is 1.30. The van der Waals surface area contributed by atoms with Crippen molar-refractivity contribution in [2.75, 3.05) is 26.2 Å². The molecule has 1 fully saturated rings. The fraction of sp³-hybridized carbons (Fsp3) is 0.261. The van der Waals surface area contributed by atoms with E-state index in [4.69, 9.17) is 9.26 Å². The Kier molecular flexibility index (Phi) is 6.16. The van der Waals surface area contributed by atoms with E-state index in [2.05, 4.69) is 10.5 Å². The molecule has 3 aromatic rings. The largest absolute Gasteiger partial charge is 0.457 e. The molecule has 2 aromatic carbocycles. The predicted molar refractivity (Wildman–Crippen MR) is 114 cm³/mol. The van der Waals surface area contributed by atoms with E-state index >= 15 is 0 Å². The molecule has 1 aliphatic rings. The molecule has 1 saturated heterocycles. The fourth-order valence-corrected chi connectivity index (χ4v) is 3.38. The number of nitrogens with one attached hydrogen (secondary N) is 1. The van der Waals surface area contributed by atoms with Crippen LogP contribution < -0.4 is 10.1 Å². The van der Waals surface area contributed by atoms with Gasteiger partial charge in [-0.05, 0) is 25.1 Å². The molecule has 8 nitrogen and oxygen atoms in total. The zero-order chi connectivity index (χ0) is 21.6. The second-order valence-corrected chi connectivity index (χ2v) is 7.29. The van der Waals surface area contributed by atoms with Gasteiger partial charge in [0.25, 0.3) is 5.91 Å². The molecular weight excluding hydrogens is 396 g/mol. The van der Waals surface area contributed by atoms with Crippen molar-refractivity contribution in [3.63, 3.8) is 0 Å². The van der Waals surface area contributed by atoms with Gasteiger partial charge < -0.3 is 24.4 Å². The Morgan fingerprint density at radius 3 is 2.39 bits per heavy atom. The van der Waals surface area contributed by atoms with Crippen molar-refractivity contribution in [3.05, 3.63) is 77.7 Å². The van der Waals surface area contributed by atoms with Gasteiger partial charge in [-0.3, -0.25) is 4.79 Å². The average Bonchev–Trinajstić information content (AvgIpc) is 3.25. The molecule has 31 heavy (non-hydrogen) atoms. The molecule has 1 aliphatic heterocycles. The molecule has 2 heterocycles. The molecular formula is C23H24N4O4. The van der Waals surface area contributed by atoms with Gasteiger partial charge in [-0.2, -0.15) is 0 Å². The number of ether oxygens (including phenoxy) is 1. The Bertz CT molecular complexity index is 1040. The number of rotatable bonds is 5. The molecule has 0 atom stereocenters. The minimum absolute atomic E-state index is 0.169. The van der Waals surface area contributed by atoms with Crippen LogP contribution in [0.3, 0.4) is 0 Å². The summed E-state index contributed by atoms with van der Waals surface area (Å²) in [6.45, 7) is 3.91. The Morgan fingerprint density at radius 1 is 1.00 bits per heavy atom. The van der Waals surface area contributed by atoms with Gasteiger partial charge >= 0.3 is 6.03 Å². The summed E-state index contributed by atoms with van der Waals surface area (Å²) in [5.74, 6) is 1.47. The molecule has 0 aliphatic carbocycles. The van der Waals surface area contributed by atoms with Crippen LogP contribution in [0, 0.1) is 6.92 Å². The fourth-order valence-electron chi connectivity index (χ4n) is 3.38. The summed E-state index contributed by atoms with van der Waals surface area (Å²) >= 11 is 0. The molecule has 8 heteroatoms. The summed E-state index contributed by atoms with van der Waals surface area (Å²) < 4.78 is 11.0. The first-order chi connectivity index (χ1) is 15.1. The Morgan fingerprint density at radius 2 is 1.68 bits per heavy atom. The van der Waals surface area contributed by atoms with Gasteiger partial charge in [-0.1, -0.05) is 41.6 Å². The molecule has 0 spiro atoms. The van der Waals surface area contributed by atoms with Crippen LogP contribution >= 0.6 is 0 Å². The second kappa shape index (κ2) is 9.34. The van der Waals surface area contributed by atoms with Crippen LogP contribution in [0.15, 0.2) is 65.2 Å². The van der Waals surface area contributed by atoms with Gasteiger partial charge in [-0.15, -0.1) is 0 Å². The summed E-state index contributed by atoms with van der Waals surface area (Å²) in [6.07, 6.45) is 0. The number of hydrogen-bond acceptors (Lipinski definition) is 5. The molecule has 1 aromatic heterocycles. The SMILES string of the molecule is Cc1cc(C(=O)N2CCN(C(=O)NCc3ccccc3Oc3ccccc3)CC2)on1. The van der Waals surface area contributed by atoms with Crippen LogP contribution in [0.5, 0.6) is 11.5 Å². The van der Waals surface area contributed by atoms with Crippen LogP contribution in [-0.4, -0.2) is 53.1 Å². The van der Waals surface area contributed by atoms with E-state index in [1.807, 2.05) is 54.6 Å². The number of hydrogen-bond donors (Lipinski definition) is 1. The number of nitrogens with zero attached hydrogens (tertiary/aromatic N) is 3. The number of aryl methyl sites for hydroxylation is 1. The molecule has 1 N–H and O–H groups in total. The number of piperazine rings is 1. The van der Waals surface area contributed by atoms with Gasteiger partial charge in [0.2, 0.25) is 5.76 Å². The number of amides is 3. The lowest BCUT2D eigenvalue weighted by Gasteiger charge is -2.34. The number of carbonyl (C=O) groups excluding carboxylic acids is 2. The van der Waals surface area contributed by atoms with Crippen LogP contribution in [0.2, 0.25) is 0 Å². The first kappa shape index (κ1) is 20.5. The quantitative estimate of drug-likeness (QED) is 0.683. The predicted octanol–water partition coefficient (Wildman–Crippen LogP) is 3.44. The summed E-state index contributed by atoms with van der Waals surface area (Å²) in [6, 6.07) is 18.6. The van der Waals surface area contributed by atoms with Crippen molar-refractivity contribution >= 4 is 11.9 Å². The summed E-state index contributed by atoms with van der Waals surface area (Å²) in [4.78, 5) is 28.5. The van der Waals surface area contributed by atoms with E-state index in [1.165, 1.54) is 0 Å². The number of carbonyl (C=O) groups is 2. The topological polar surface area (TPSA) is 87.9 Å². The van der Waals surface area contributed by atoms with Crippen LogP contribution in [0.4, 0.5) is 4.79 Å². The van der Waals surface area contributed by atoms with Gasteiger partial charge in [0, 0.05) is 44.4 Å². The highest BCUT2D eigenvalue weighted by molar-refractivity contribution is 5.91. The van der Waals surface area contributed by atoms with E-state index < -0.39 is 0 Å². The molecule has 0 radical (unpaired) electrons. The number of urea groups is 1. The Labute approximate surface area is 180 Å². The molecule has 160 valence electrons.